The zero-order valence-corrected chi connectivity index (χ0v) is 6.79. The van der Waals surface area contributed by atoms with Crippen LogP contribution in [0.15, 0.2) is 0 Å². The third-order valence-corrected chi connectivity index (χ3v) is 2.30. The number of carbonyl (C=O) groups excluding carboxylic acids is 1. The van der Waals surface area contributed by atoms with E-state index in [0.717, 1.165) is 0 Å². The second-order valence-electron chi connectivity index (χ2n) is 3.03. The molecule has 0 aliphatic carbocycles. The van der Waals surface area contributed by atoms with E-state index >= 15 is 0 Å². The highest BCUT2D eigenvalue weighted by Gasteiger charge is 2.41. The van der Waals surface area contributed by atoms with Crippen molar-refractivity contribution in [3.05, 3.63) is 0 Å². The lowest BCUT2D eigenvalue weighted by Crippen LogP contribution is -2.58. The minimum atomic E-state index is -0.0440. The van der Waals surface area contributed by atoms with Gasteiger partial charge in [-0.05, 0) is 6.92 Å². The number of carbonyl (C=O) groups is 1. The Morgan fingerprint density at radius 3 is 2.73 bits per heavy atom. The van der Waals surface area contributed by atoms with Crippen LogP contribution in [0.1, 0.15) is 13.3 Å². The maximum absolute atomic E-state index is 11.1. The van der Waals surface area contributed by atoms with Gasteiger partial charge in [0, 0.05) is 19.5 Å². The Kier molecular flexibility index (Phi) is 1.85. The molecule has 1 heterocycles. The van der Waals surface area contributed by atoms with Gasteiger partial charge in [0.05, 0.1) is 11.8 Å². The molecular weight excluding hydrogens is 142 g/mol. The molecule has 1 saturated heterocycles. The number of β-lactam (4-membered cyclic amide) rings is 1. The average Bonchev–Trinajstić information content (AvgIpc) is 1.98. The monoisotopic (exact) mass is 155 g/mol. The van der Waals surface area contributed by atoms with Crippen LogP contribution in [0.4, 0.5) is 0 Å². The predicted octanol–water partition coefficient (Wildman–Crippen LogP) is -0.211. The number of nitrogens with zero attached hydrogens (tertiary/aromatic N) is 1. The van der Waals surface area contributed by atoms with Gasteiger partial charge in [-0.25, -0.2) is 0 Å². The highest BCUT2D eigenvalue weighted by Crippen LogP contribution is 2.26. The Balaban J connectivity index is 2.49. The Morgan fingerprint density at radius 1 is 1.82 bits per heavy atom. The number of amides is 1. The average molecular weight is 155 g/mol. The first-order chi connectivity index (χ1) is 5.04. The molecule has 0 unspecified atom stereocenters. The largest absolute Gasteiger partial charge is 0.388 e. The van der Waals surface area contributed by atoms with Gasteiger partial charge in [-0.15, -0.1) is 0 Å². The molecule has 11 heavy (non-hydrogen) atoms. The lowest BCUT2D eigenvalue weighted by Gasteiger charge is -2.42. The van der Waals surface area contributed by atoms with Crippen LogP contribution in [-0.2, 0) is 4.79 Å². The number of hydrogen-bond donors (Lipinski definition) is 2. The third kappa shape index (κ3) is 1.20. The van der Waals surface area contributed by atoms with Crippen LogP contribution in [0.2, 0.25) is 0 Å². The fourth-order valence-electron chi connectivity index (χ4n) is 1.35. The van der Waals surface area contributed by atoms with Crippen molar-refractivity contribution in [1.29, 1.82) is 5.41 Å². The second-order valence-corrected chi connectivity index (χ2v) is 3.03. The second kappa shape index (κ2) is 2.53. The van der Waals surface area contributed by atoms with Gasteiger partial charge in [0.25, 0.3) is 0 Å². The molecule has 62 valence electrons. The van der Waals surface area contributed by atoms with Crippen LogP contribution in [0.5, 0.6) is 0 Å². The Labute approximate surface area is 65.9 Å². The Morgan fingerprint density at radius 2 is 2.36 bits per heavy atom. The number of nitrogens with two attached hydrogens (primary N) is 1. The van der Waals surface area contributed by atoms with Crippen molar-refractivity contribution in [1.82, 2.24) is 4.90 Å². The van der Waals surface area contributed by atoms with E-state index in [1.165, 1.54) is 0 Å². The van der Waals surface area contributed by atoms with E-state index in [1.54, 1.807) is 11.9 Å². The smallest absolute Gasteiger partial charge is 0.228 e. The molecule has 1 aliphatic rings. The number of amidine groups is 1. The molecule has 1 aliphatic heterocycles. The summed E-state index contributed by atoms with van der Waals surface area (Å²) >= 11 is 0. The molecule has 4 heteroatoms. The van der Waals surface area contributed by atoms with Crippen molar-refractivity contribution in [2.45, 2.75) is 19.4 Å². The summed E-state index contributed by atoms with van der Waals surface area (Å²) in [6, 6.07) is 0.242. The Hall–Kier alpha value is -1.06. The minimum absolute atomic E-state index is 0.0440. The molecule has 1 rings (SSSR count). The predicted molar refractivity (Wildman–Crippen MR) is 42.3 cm³/mol. The first-order valence-corrected chi connectivity index (χ1v) is 3.63. The van der Waals surface area contributed by atoms with Crippen molar-refractivity contribution in [3.8, 4) is 0 Å². The van der Waals surface area contributed by atoms with E-state index in [1.807, 2.05) is 6.92 Å². The van der Waals surface area contributed by atoms with Crippen LogP contribution >= 0.6 is 0 Å². The number of hydrogen-bond acceptors (Lipinski definition) is 2. The van der Waals surface area contributed by atoms with Crippen LogP contribution in [-0.4, -0.2) is 29.7 Å². The summed E-state index contributed by atoms with van der Waals surface area (Å²) in [6.45, 7) is 1.97. The zero-order valence-electron chi connectivity index (χ0n) is 6.79. The standard InChI is InChI=1S/C7H13N3O/c1-4-5(3-6(8)9)7(11)10(4)2/h4-5H,3H2,1-2H3,(H3,8,9)/t4-,5-/m1/s1. The molecule has 0 aromatic heterocycles. The molecule has 3 N–H and O–H groups in total. The highest BCUT2D eigenvalue weighted by atomic mass is 16.2. The van der Waals surface area contributed by atoms with E-state index < -0.39 is 0 Å². The molecule has 0 bridgehead atoms. The molecular formula is C7H13N3O. The number of rotatable bonds is 2. The van der Waals surface area contributed by atoms with Crippen molar-refractivity contribution < 1.29 is 4.79 Å². The number of nitrogens with one attached hydrogen (secondary N) is 1. The van der Waals surface area contributed by atoms with Crippen LogP contribution in [0.25, 0.3) is 0 Å². The van der Waals surface area contributed by atoms with Crippen LogP contribution in [0, 0.1) is 11.3 Å². The van der Waals surface area contributed by atoms with E-state index in [9.17, 15) is 4.79 Å². The maximum Gasteiger partial charge on any atom is 0.228 e. The van der Waals surface area contributed by atoms with Gasteiger partial charge in [0.2, 0.25) is 5.91 Å². The Bertz CT molecular complexity index is 202. The van der Waals surface area contributed by atoms with E-state index in [4.69, 9.17) is 11.1 Å². The van der Waals surface area contributed by atoms with Gasteiger partial charge in [-0.2, -0.15) is 0 Å². The quantitative estimate of drug-likeness (QED) is 0.329. The van der Waals surface area contributed by atoms with Gasteiger partial charge < -0.3 is 10.6 Å². The van der Waals surface area contributed by atoms with Crippen molar-refractivity contribution in [2.75, 3.05) is 7.05 Å². The fourth-order valence-corrected chi connectivity index (χ4v) is 1.35. The van der Waals surface area contributed by atoms with Gasteiger partial charge in [-0.3, -0.25) is 10.2 Å². The van der Waals surface area contributed by atoms with Gasteiger partial charge in [-0.1, -0.05) is 0 Å². The van der Waals surface area contributed by atoms with E-state index in [0.29, 0.717) is 6.42 Å². The van der Waals surface area contributed by atoms with Gasteiger partial charge >= 0.3 is 0 Å². The summed E-state index contributed by atoms with van der Waals surface area (Å²) in [4.78, 5) is 12.8. The molecule has 0 radical (unpaired) electrons. The first kappa shape index (κ1) is 8.04. The van der Waals surface area contributed by atoms with E-state index in [-0.39, 0.29) is 23.7 Å². The van der Waals surface area contributed by atoms with E-state index in [2.05, 4.69) is 0 Å². The fraction of sp³-hybridized carbons (Fsp3) is 0.714. The zero-order chi connectivity index (χ0) is 8.59. The minimum Gasteiger partial charge on any atom is -0.388 e. The lowest BCUT2D eigenvalue weighted by atomic mass is 9.86. The summed E-state index contributed by atoms with van der Waals surface area (Å²) in [7, 11) is 1.77. The molecule has 0 aromatic rings. The van der Waals surface area contributed by atoms with Gasteiger partial charge in [0.1, 0.15) is 0 Å². The van der Waals surface area contributed by atoms with Crippen molar-refractivity contribution >= 4 is 11.7 Å². The summed E-state index contributed by atoms with van der Waals surface area (Å²) in [5.41, 5.74) is 5.19. The highest BCUT2D eigenvalue weighted by molar-refractivity contribution is 5.90. The van der Waals surface area contributed by atoms with Crippen LogP contribution < -0.4 is 5.73 Å². The summed E-state index contributed by atoms with van der Waals surface area (Å²) in [6.07, 6.45) is 0.407. The third-order valence-electron chi connectivity index (χ3n) is 2.30. The normalized spacial score (nSPS) is 30.0. The molecule has 0 saturated carbocycles. The van der Waals surface area contributed by atoms with Gasteiger partial charge in [0.15, 0.2) is 0 Å². The van der Waals surface area contributed by atoms with Crippen LogP contribution in [0.3, 0.4) is 0 Å². The molecule has 2 atom stereocenters. The van der Waals surface area contributed by atoms with Crippen molar-refractivity contribution in [2.24, 2.45) is 11.7 Å². The molecule has 1 fully saturated rings. The van der Waals surface area contributed by atoms with Crippen molar-refractivity contribution in [3.63, 3.8) is 0 Å². The molecule has 0 aromatic carbocycles. The summed E-state index contributed by atoms with van der Waals surface area (Å²) < 4.78 is 0. The summed E-state index contributed by atoms with van der Waals surface area (Å²) in [5, 5.41) is 7.01. The molecule has 4 nitrogen and oxygen atoms in total. The summed E-state index contributed by atoms with van der Waals surface area (Å²) in [5.74, 6) is 0.161. The number of likely N-dealkylation sites (tertiary alicyclic amines) is 1. The first-order valence-electron chi connectivity index (χ1n) is 3.63. The molecule has 1 amide bonds. The molecule has 0 spiro atoms. The topological polar surface area (TPSA) is 70.2 Å². The maximum atomic E-state index is 11.1. The SMILES string of the molecule is C[C@@H]1[C@@H](CC(=N)N)C(=O)N1C. The lowest BCUT2D eigenvalue weighted by molar-refractivity contribution is -0.151.